The number of carbonyl (C=O) groups is 1. The highest BCUT2D eigenvalue weighted by atomic mass is 16.1. The molecule has 0 bridgehead atoms. The highest BCUT2D eigenvalue weighted by Gasteiger charge is 2.36. The van der Waals surface area contributed by atoms with E-state index in [0.29, 0.717) is 18.0 Å². The van der Waals surface area contributed by atoms with Gasteiger partial charge in [0.2, 0.25) is 5.91 Å². The molecule has 4 nitrogen and oxygen atoms in total. The number of likely N-dealkylation sites (N-methyl/N-ethyl adjacent to an activating group) is 1. The van der Waals surface area contributed by atoms with Gasteiger partial charge in [-0.2, -0.15) is 0 Å². The molecule has 1 saturated carbocycles. The molecule has 0 aromatic heterocycles. The van der Waals surface area contributed by atoms with Gasteiger partial charge in [-0.05, 0) is 58.9 Å². The minimum absolute atomic E-state index is 0.242. The number of nitrogens with zero attached hydrogens (tertiary/aromatic N) is 1. The lowest BCUT2D eigenvalue weighted by atomic mass is 9.75. The molecule has 0 radical (unpaired) electrons. The van der Waals surface area contributed by atoms with Crippen LogP contribution in [0.4, 0.5) is 0 Å². The van der Waals surface area contributed by atoms with E-state index in [4.69, 9.17) is 5.73 Å². The molecule has 1 aliphatic carbocycles. The molecule has 0 aromatic rings. The maximum absolute atomic E-state index is 11.8. The van der Waals surface area contributed by atoms with Crippen molar-refractivity contribution in [3.8, 4) is 0 Å². The fourth-order valence-electron chi connectivity index (χ4n) is 3.28. The normalized spacial score (nSPS) is 23.0. The summed E-state index contributed by atoms with van der Waals surface area (Å²) in [6.45, 7) is 11.4. The van der Waals surface area contributed by atoms with Crippen molar-refractivity contribution < 1.29 is 4.79 Å². The molecule has 3 N–H and O–H groups in total. The number of amides is 1. The van der Waals surface area contributed by atoms with Gasteiger partial charge in [0.1, 0.15) is 5.54 Å². The van der Waals surface area contributed by atoms with Crippen LogP contribution in [0, 0.1) is 5.41 Å². The second kappa shape index (κ2) is 6.44. The average molecular weight is 283 g/mol. The van der Waals surface area contributed by atoms with Crippen LogP contribution in [0.25, 0.3) is 0 Å². The van der Waals surface area contributed by atoms with Crippen LogP contribution in [0.15, 0.2) is 0 Å². The minimum Gasteiger partial charge on any atom is -0.368 e. The van der Waals surface area contributed by atoms with Crippen molar-refractivity contribution in [1.82, 2.24) is 10.2 Å². The van der Waals surface area contributed by atoms with Crippen molar-refractivity contribution in [2.75, 3.05) is 13.6 Å². The Bertz CT molecular complexity index is 331. The van der Waals surface area contributed by atoms with E-state index >= 15 is 0 Å². The second-order valence-corrected chi connectivity index (χ2v) is 7.81. The summed E-state index contributed by atoms with van der Waals surface area (Å²) in [7, 11) is 2.12. The van der Waals surface area contributed by atoms with Crippen molar-refractivity contribution in [2.24, 2.45) is 11.1 Å². The van der Waals surface area contributed by atoms with Crippen molar-refractivity contribution >= 4 is 5.91 Å². The molecule has 1 amide bonds. The number of primary amides is 1. The number of hydrogen-bond donors (Lipinski definition) is 2. The molecule has 1 unspecified atom stereocenters. The number of hydrogen-bond acceptors (Lipinski definition) is 3. The van der Waals surface area contributed by atoms with Crippen LogP contribution in [0.5, 0.6) is 0 Å². The fraction of sp³-hybridized carbons (Fsp3) is 0.938. The summed E-state index contributed by atoms with van der Waals surface area (Å²) in [4.78, 5) is 14.1. The fourth-order valence-corrected chi connectivity index (χ4v) is 3.28. The van der Waals surface area contributed by atoms with E-state index < -0.39 is 5.54 Å². The largest absolute Gasteiger partial charge is 0.368 e. The Morgan fingerprint density at radius 2 is 1.90 bits per heavy atom. The Morgan fingerprint density at radius 3 is 2.30 bits per heavy atom. The van der Waals surface area contributed by atoms with E-state index in [1.165, 1.54) is 25.7 Å². The first-order chi connectivity index (χ1) is 9.06. The zero-order valence-electron chi connectivity index (χ0n) is 14.1. The van der Waals surface area contributed by atoms with Gasteiger partial charge < -0.3 is 16.0 Å². The first-order valence-corrected chi connectivity index (χ1v) is 7.83. The van der Waals surface area contributed by atoms with Gasteiger partial charge in [-0.15, -0.1) is 0 Å². The molecule has 1 rings (SSSR count). The average Bonchev–Trinajstić information content (AvgIpc) is 2.26. The van der Waals surface area contributed by atoms with Gasteiger partial charge in [-0.1, -0.05) is 13.8 Å². The summed E-state index contributed by atoms with van der Waals surface area (Å²) in [6.07, 6.45) is 4.93. The van der Waals surface area contributed by atoms with E-state index in [1.807, 2.05) is 20.8 Å². The van der Waals surface area contributed by atoms with Crippen molar-refractivity contribution in [3.05, 3.63) is 0 Å². The van der Waals surface area contributed by atoms with Crippen molar-refractivity contribution in [1.29, 1.82) is 0 Å². The zero-order chi connectivity index (χ0) is 15.6. The maximum atomic E-state index is 11.8. The summed E-state index contributed by atoms with van der Waals surface area (Å²) in [6, 6.07) is 0.807. The molecule has 0 aromatic carbocycles. The van der Waals surface area contributed by atoms with E-state index in [2.05, 4.69) is 31.1 Å². The predicted molar refractivity (Wildman–Crippen MR) is 84.5 cm³/mol. The van der Waals surface area contributed by atoms with Crippen LogP contribution >= 0.6 is 0 Å². The predicted octanol–water partition coefficient (Wildman–Crippen LogP) is 2.13. The molecule has 20 heavy (non-hydrogen) atoms. The lowest BCUT2D eigenvalue weighted by molar-refractivity contribution is -0.125. The van der Waals surface area contributed by atoms with Gasteiger partial charge in [0.25, 0.3) is 0 Å². The molecule has 0 saturated heterocycles. The van der Waals surface area contributed by atoms with Gasteiger partial charge in [-0.25, -0.2) is 0 Å². The maximum Gasteiger partial charge on any atom is 0.238 e. The van der Waals surface area contributed by atoms with Crippen LogP contribution in [0.3, 0.4) is 0 Å². The lowest BCUT2D eigenvalue weighted by Gasteiger charge is -2.42. The summed E-state index contributed by atoms with van der Waals surface area (Å²) in [5, 5.41) is 3.33. The highest BCUT2D eigenvalue weighted by Crippen LogP contribution is 2.36. The third-order valence-electron chi connectivity index (χ3n) is 4.65. The van der Waals surface area contributed by atoms with Gasteiger partial charge in [0.05, 0.1) is 0 Å². The molecular weight excluding hydrogens is 250 g/mol. The monoisotopic (exact) mass is 283 g/mol. The molecule has 4 heteroatoms. The number of nitrogens with two attached hydrogens (primary N) is 1. The smallest absolute Gasteiger partial charge is 0.238 e. The Balaban J connectivity index is 2.63. The number of carbonyl (C=O) groups excluding carboxylic acids is 1. The molecular formula is C16H33N3O. The van der Waals surface area contributed by atoms with Crippen LogP contribution in [0.2, 0.25) is 0 Å². The summed E-state index contributed by atoms with van der Waals surface area (Å²) in [5.74, 6) is -0.269. The van der Waals surface area contributed by atoms with Gasteiger partial charge in [-0.3, -0.25) is 4.79 Å². The summed E-state index contributed by atoms with van der Waals surface area (Å²) in [5.41, 5.74) is 5.43. The first-order valence-electron chi connectivity index (χ1n) is 7.83. The van der Waals surface area contributed by atoms with Crippen molar-refractivity contribution in [3.63, 3.8) is 0 Å². The highest BCUT2D eigenvalue weighted by molar-refractivity contribution is 5.84. The number of rotatable bonds is 6. The van der Waals surface area contributed by atoms with Gasteiger partial charge >= 0.3 is 0 Å². The zero-order valence-corrected chi connectivity index (χ0v) is 14.1. The third kappa shape index (κ3) is 4.74. The van der Waals surface area contributed by atoms with Gasteiger partial charge in [0.15, 0.2) is 0 Å². The third-order valence-corrected chi connectivity index (χ3v) is 4.65. The van der Waals surface area contributed by atoms with Gasteiger partial charge in [0, 0.05) is 18.6 Å². The molecule has 1 atom stereocenters. The van der Waals surface area contributed by atoms with E-state index in [9.17, 15) is 4.79 Å². The number of nitrogens with one attached hydrogen (secondary N) is 1. The van der Waals surface area contributed by atoms with Crippen LogP contribution in [-0.2, 0) is 4.79 Å². The molecule has 1 fully saturated rings. The molecule has 0 spiro atoms. The Kier molecular flexibility index (Phi) is 5.61. The quantitative estimate of drug-likeness (QED) is 0.785. The molecule has 0 heterocycles. The lowest BCUT2D eigenvalue weighted by Crippen LogP contribution is -2.62. The van der Waals surface area contributed by atoms with Crippen LogP contribution < -0.4 is 11.1 Å². The Morgan fingerprint density at radius 1 is 1.40 bits per heavy atom. The van der Waals surface area contributed by atoms with Crippen LogP contribution in [-0.4, -0.2) is 42.0 Å². The summed E-state index contributed by atoms with van der Waals surface area (Å²) < 4.78 is 0. The minimum atomic E-state index is -0.657. The van der Waals surface area contributed by atoms with E-state index in [1.54, 1.807) is 0 Å². The van der Waals surface area contributed by atoms with E-state index in [0.717, 1.165) is 0 Å². The molecule has 1 aliphatic rings. The van der Waals surface area contributed by atoms with Crippen molar-refractivity contribution in [2.45, 2.75) is 77.9 Å². The second-order valence-electron chi connectivity index (χ2n) is 7.81. The summed E-state index contributed by atoms with van der Waals surface area (Å²) >= 11 is 0. The molecule has 0 aliphatic heterocycles. The topological polar surface area (TPSA) is 58.4 Å². The SMILES string of the molecule is CC(C)NC(C)(CN(C)C1CCC(C)(C)CC1)C(N)=O. The Hall–Kier alpha value is -0.610. The van der Waals surface area contributed by atoms with Crippen LogP contribution in [0.1, 0.15) is 60.3 Å². The Labute approximate surface area is 124 Å². The first kappa shape index (κ1) is 17.4. The van der Waals surface area contributed by atoms with E-state index in [-0.39, 0.29) is 11.9 Å². The standard InChI is InChI=1S/C16H33N3O/c1-12(2)18-16(5,14(17)20)11-19(6)13-7-9-15(3,4)10-8-13/h12-13,18H,7-11H2,1-6H3,(H2,17,20). The molecule has 118 valence electrons.